The Kier molecular flexibility index (Phi) is 4.67. The Balaban J connectivity index is 1.68. The van der Waals surface area contributed by atoms with Crippen LogP contribution in [-0.2, 0) is 9.53 Å². The maximum atomic E-state index is 12.4. The van der Waals surface area contributed by atoms with Gasteiger partial charge in [-0.25, -0.2) is 0 Å². The van der Waals surface area contributed by atoms with Gasteiger partial charge < -0.3 is 14.5 Å². The van der Waals surface area contributed by atoms with Crippen molar-refractivity contribution in [1.29, 1.82) is 0 Å². The van der Waals surface area contributed by atoms with Gasteiger partial charge in [0.05, 0.1) is 24.7 Å². The molecule has 0 bridgehead atoms. The van der Waals surface area contributed by atoms with Crippen LogP contribution in [0.1, 0.15) is 30.9 Å². The Morgan fingerprint density at radius 3 is 2.57 bits per heavy atom. The fourth-order valence-corrected chi connectivity index (χ4v) is 3.67. The van der Waals surface area contributed by atoms with E-state index in [0.29, 0.717) is 26.2 Å². The van der Waals surface area contributed by atoms with E-state index in [9.17, 15) is 4.79 Å². The minimum absolute atomic E-state index is 0.0149. The molecule has 2 aliphatic rings. The highest BCUT2D eigenvalue weighted by Gasteiger charge is 2.67. The van der Waals surface area contributed by atoms with E-state index in [1.54, 1.807) is 6.92 Å². The number of alkyl halides is 2. The van der Waals surface area contributed by atoms with Crippen LogP contribution in [0.5, 0.6) is 0 Å². The summed E-state index contributed by atoms with van der Waals surface area (Å²) in [7, 11) is 0. The van der Waals surface area contributed by atoms with Crippen LogP contribution < -0.4 is 5.32 Å². The van der Waals surface area contributed by atoms with Crippen molar-refractivity contribution in [2.45, 2.75) is 30.6 Å². The molecule has 7 heteroatoms. The first-order valence-corrected chi connectivity index (χ1v) is 8.63. The van der Waals surface area contributed by atoms with Crippen molar-refractivity contribution in [1.82, 2.24) is 10.2 Å². The van der Waals surface area contributed by atoms with E-state index in [2.05, 4.69) is 10.2 Å². The Labute approximate surface area is 146 Å². The Morgan fingerprint density at radius 2 is 2.04 bits per heavy atom. The zero-order valence-corrected chi connectivity index (χ0v) is 14.9. The van der Waals surface area contributed by atoms with Gasteiger partial charge in [0, 0.05) is 19.6 Å². The monoisotopic (exact) mass is 360 g/mol. The van der Waals surface area contributed by atoms with Crippen molar-refractivity contribution in [3.05, 3.63) is 23.7 Å². The van der Waals surface area contributed by atoms with Gasteiger partial charge in [-0.05, 0) is 32.4 Å². The van der Waals surface area contributed by atoms with Crippen molar-refractivity contribution in [3.8, 4) is 0 Å². The number of carbonyl (C=O) groups is 1. The molecular weight excluding hydrogens is 339 g/mol. The van der Waals surface area contributed by atoms with Crippen LogP contribution in [0.4, 0.5) is 0 Å². The van der Waals surface area contributed by atoms with Gasteiger partial charge in [0.2, 0.25) is 5.91 Å². The highest BCUT2D eigenvalue weighted by molar-refractivity contribution is 6.53. The van der Waals surface area contributed by atoms with Gasteiger partial charge in [0.15, 0.2) is 0 Å². The lowest BCUT2D eigenvalue weighted by molar-refractivity contribution is -0.126. The van der Waals surface area contributed by atoms with E-state index in [4.69, 9.17) is 32.4 Å². The summed E-state index contributed by atoms with van der Waals surface area (Å²) in [6.45, 7) is 7.18. The summed E-state index contributed by atoms with van der Waals surface area (Å²) >= 11 is 12.2. The molecular formula is C16H22Cl2N2O3. The van der Waals surface area contributed by atoms with E-state index >= 15 is 0 Å². The highest BCUT2D eigenvalue weighted by atomic mass is 35.5. The number of hydrogen-bond donors (Lipinski definition) is 1. The maximum Gasteiger partial charge on any atom is 0.229 e. The number of halogens is 2. The molecule has 1 amide bonds. The summed E-state index contributed by atoms with van der Waals surface area (Å²) < 4.78 is 10.2. The zero-order chi connectivity index (χ0) is 16.7. The minimum Gasteiger partial charge on any atom is -0.465 e. The summed E-state index contributed by atoms with van der Waals surface area (Å²) in [4.78, 5) is 14.7. The predicted molar refractivity (Wildman–Crippen MR) is 88.7 cm³/mol. The first-order chi connectivity index (χ1) is 10.8. The lowest BCUT2D eigenvalue weighted by Crippen LogP contribution is -2.45. The molecule has 1 saturated heterocycles. The largest absolute Gasteiger partial charge is 0.465 e. The molecule has 5 nitrogen and oxygen atoms in total. The lowest BCUT2D eigenvalue weighted by Gasteiger charge is -2.33. The van der Waals surface area contributed by atoms with Crippen LogP contribution in [-0.4, -0.2) is 48.0 Å². The zero-order valence-electron chi connectivity index (χ0n) is 13.4. The molecule has 2 heterocycles. The molecule has 23 heavy (non-hydrogen) atoms. The molecule has 0 unspecified atom stereocenters. The van der Waals surface area contributed by atoms with E-state index in [-0.39, 0.29) is 11.9 Å². The van der Waals surface area contributed by atoms with Crippen molar-refractivity contribution in [3.63, 3.8) is 0 Å². The second-order valence-corrected chi connectivity index (χ2v) is 8.02. The van der Waals surface area contributed by atoms with Crippen LogP contribution in [0.15, 0.2) is 16.5 Å². The van der Waals surface area contributed by atoms with Crippen LogP contribution in [0.3, 0.4) is 0 Å². The fraction of sp³-hybridized carbons (Fsp3) is 0.688. The number of aryl methyl sites for hydroxylation is 1. The second kappa shape index (κ2) is 6.28. The number of carbonyl (C=O) groups excluding carboxylic acids is 1. The SMILES string of the molecule is Cc1ccc([C@@H](CNC(=O)[C@@]2(C)CC2(Cl)Cl)N2CCOCC2)o1. The third kappa shape index (κ3) is 3.38. The van der Waals surface area contributed by atoms with Gasteiger partial charge in [-0.2, -0.15) is 0 Å². The average molecular weight is 361 g/mol. The first-order valence-electron chi connectivity index (χ1n) is 7.88. The van der Waals surface area contributed by atoms with E-state index in [1.807, 2.05) is 19.1 Å². The van der Waals surface area contributed by atoms with Crippen LogP contribution >= 0.6 is 23.2 Å². The molecule has 1 N–H and O–H groups in total. The first kappa shape index (κ1) is 17.1. The molecule has 1 aliphatic heterocycles. The molecule has 1 aromatic rings. The number of morpholine rings is 1. The van der Waals surface area contributed by atoms with Crippen molar-refractivity contribution >= 4 is 29.1 Å². The third-order valence-electron chi connectivity index (χ3n) is 4.79. The normalized spacial score (nSPS) is 28.3. The molecule has 1 aliphatic carbocycles. The summed E-state index contributed by atoms with van der Waals surface area (Å²) in [5.74, 6) is 1.61. The molecule has 0 aromatic carbocycles. The number of furan rings is 1. The fourth-order valence-electron chi connectivity index (χ4n) is 2.96. The summed E-state index contributed by atoms with van der Waals surface area (Å²) in [6.07, 6.45) is 0.483. The van der Waals surface area contributed by atoms with E-state index in [1.165, 1.54) is 0 Å². The van der Waals surface area contributed by atoms with Gasteiger partial charge in [-0.15, -0.1) is 23.2 Å². The van der Waals surface area contributed by atoms with Gasteiger partial charge in [-0.1, -0.05) is 0 Å². The second-order valence-electron chi connectivity index (χ2n) is 6.54. The van der Waals surface area contributed by atoms with Crippen molar-refractivity contribution in [2.24, 2.45) is 5.41 Å². The number of nitrogens with one attached hydrogen (secondary N) is 1. The molecule has 0 radical (unpaired) electrons. The van der Waals surface area contributed by atoms with Crippen LogP contribution in [0.25, 0.3) is 0 Å². The smallest absolute Gasteiger partial charge is 0.229 e. The Hall–Kier alpha value is -0.750. The molecule has 1 saturated carbocycles. The number of ether oxygens (including phenoxy) is 1. The van der Waals surface area contributed by atoms with E-state index < -0.39 is 9.75 Å². The molecule has 1 aromatic heterocycles. The minimum atomic E-state index is -0.952. The van der Waals surface area contributed by atoms with Gasteiger partial charge >= 0.3 is 0 Å². The van der Waals surface area contributed by atoms with Gasteiger partial charge in [0.1, 0.15) is 15.9 Å². The third-order valence-corrected chi connectivity index (χ3v) is 5.89. The number of rotatable bonds is 5. The Bertz CT molecular complexity index is 584. The quantitative estimate of drug-likeness (QED) is 0.820. The predicted octanol–water partition coefficient (Wildman–Crippen LogP) is 2.66. The van der Waals surface area contributed by atoms with Gasteiger partial charge in [0.25, 0.3) is 0 Å². The standard InChI is InChI=1S/C16H22Cl2N2O3/c1-11-3-4-13(23-11)12(20-5-7-22-8-6-20)9-19-14(21)15(2)10-16(15,17)18/h3-4,12H,5-10H2,1-2H3,(H,19,21)/t12-,15-/m1/s1. The number of nitrogens with zero attached hydrogens (tertiary/aromatic N) is 1. The van der Waals surface area contributed by atoms with Crippen LogP contribution in [0, 0.1) is 12.3 Å². The highest BCUT2D eigenvalue weighted by Crippen LogP contribution is 2.63. The van der Waals surface area contributed by atoms with Crippen molar-refractivity contribution in [2.75, 3.05) is 32.8 Å². The number of hydrogen-bond acceptors (Lipinski definition) is 4. The molecule has 128 valence electrons. The van der Waals surface area contributed by atoms with Crippen molar-refractivity contribution < 1.29 is 13.9 Å². The summed E-state index contributed by atoms with van der Waals surface area (Å²) in [5.41, 5.74) is -0.704. The van der Waals surface area contributed by atoms with Crippen LogP contribution in [0.2, 0.25) is 0 Å². The van der Waals surface area contributed by atoms with E-state index in [0.717, 1.165) is 24.6 Å². The molecule has 0 spiro atoms. The summed E-state index contributed by atoms with van der Waals surface area (Å²) in [5, 5.41) is 3.00. The Morgan fingerprint density at radius 1 is 1.39 bits per heavy atom. The molecule has 2 atom stereocenters. The molecule has 2 fully saturated rings. The maximum absolute atomic E-state index is 12.4. The van der Waals surface area contributed by atoms with Gasteiger partial charge in [-0.3, -0.25) is 9.69 Å². The average Bonchev–Trinajstić information content (AvgIpc) is 2.83. The summed E-state index contributed by atoms with van der Waals surface area (Å²) in [6, 6.07) is 3.89. The molecule has 3 rings (SSSR count). The lowest BCUT2D eigenvalue weighted by atomic mass is 10.1. The topological polar surface area (TPSA) is 54.7 Å². The number of amides is 1.